The Hall–Kier alpha value is -5.85. The Balaban J connectivity index is 1.31. The molecule has 0 bridgehead atoms. The van der Waals surface area contributed by atoms with Crippen LogP contribution in [0.3, 0.4) is 0 Å². The van der Waals surface area contributed by atoms with Gasteiger partial charge < -0.3 is 29.7 Å². The Labute approximate surface area is 306 Å². The number of halogens is 1. The number of pyridine rings is 1. The van der Waals surface area contributed by atoms with Gasteiger partial charge in [-0.3, -0.25) is 19.2 Å². The molecule has 1 aliphatic rings. The summed E-state index contributed by atoms with van der Waals surface area (Å²) in [5.41, 5.74) is 2.35. The highest BCUT2D eigenvalue weighted by atomic mass is 19.1. The van der Waals surface area contributed by atoms with E-state index in [1.807, 2.05) is 39.0 Å². The number of carboxylic acid groups (broad SMARTS) is 1. The van der Waals surface area contributed by atoms with Gasteiger partial charge in [0.15, 0.2) is 0 Å². The number of carbonyl (C=O) groups excluding carboxylic acids is 4. The zero-order valence-electron chi connectivity index (χ0n) is 30.1. The lowest BCUT2D eigenvalue weighted by atomic mass is 10.0. The van der Waals surface area contributed by atoms with E-state index >= 15 is 0 Å². The van der Waals surface area contributed by atoms with Gasteiger partial charge in [-0.25, -0.2) is 14.2 Å². The molecule has 5 rings (SSSR count). The molecule has 13 heteroatoms. The van der Waals surface area contributed by atoms with Crippen LogP contribution in [0.15, 0.2) is 72.8 Å². The Bertz CT molecular complexity index is 2000. The van der Waals surface area contributed by atoms with Gasteiger partial charge in [0.05, 0.1) is 12.1 Å². The van der Waals surface area contributed by atoms with E-state index in [9.17, 15) is 33.5 Å². The largest absolute Gasteiger partial charge is 0.478 e. The van der Waals surface area contributed by atoms with Crippen molar-refractivity contribution >= 4 is 40.6 Å². The molecule has 1 fully saturated rings. The van der Waals surface area contributed by atoms with E-state index in [1.165, 1.54) is 17.0 Å². The van der Waals surface area contributed by atoms with Crippen LogP contribution in [0.5, 0.6) is 5.75 Å². The highest BCUT2D eigenvalue weighted by Crippen LogP contribution is 2.32. The standard InChI is InChI=1S/C40H43FN4O8/c1-24(2)23-52-40(51)30(38(48)45-17-15-44(16-18-45)37(47)28-12-8-9-25(3)19-28)13-14-42-36(46)32-22-33(31-21-29(41)20-26(4)34(31)43-32)53-35(39(49)50)27-10-6-5-7-11-27/h5-12,19-22,24,30,35H,13-18,23H2,1-4H3,(H,42,46)(H,49,50). The third-order valence-corrected chi connectivity index (χ3v) is 8.84. The number of hydrogen-bond acceptors (Lipinski definition) is 8. The Morgan fingerprint density at radius 1 is 0.906 bits per heavy atom. The highest BCUT2D eigenvalue weighted by molar-refractivity contribution is 5.99. The predicted octanol–water partition coefficient (Wildman–Crippen LogP) is 5.12. The summed E-state index contributed by atoms with van der Waals surface area (Å²) in [4.78, 5) is 73.5. The number of nitrogens with zero attached hydrogens (tertiary/aromatic N) is 3. The fourth-order valence-corrected chi connectivity index (χ4v) is 6.08. The molecule has 0 spiro atoms. The number of aliphatic carboxylic acids is 1. The Morgan fingerprint density at radius 2 is 1.60 bits per heavy atom. The van der Waals surface area contributed by atoms with Crippen molar-refractivity contribution in [1.29, 1.82) is 0 Å². The molecule has 278 valence electrons. The first-order chi connectivity index (χ1) is 25.3. The Kier molecular flexibility index (Phi) is 12.4. The van der Waals surface area contributed by atoms with Gasteiger partial charge in [-0.15, -0.1) is 0 Å². The van der Waals surface area contributed by atoms with Crippen LogP contribution in [0.25, 0.3) is 10.9 Å². The van der Waals surface area contributed by atoms with Gasteiger partial charge in [0, 0.05) is 55.3 Å². The van der Waals surface area contributed by atoms with Gasteiger partial charge in [-0.1, -0.05) is 61.9 Å². The summed E-state index contributed by atoms with van der Waals surface area (Å²) in [6.45, 7) is 8.28. The first kappa shape index (κ1) is 38.4. The Morgan fingerprint density at radius 3 is 2.26 bits per heavy atom. The van der Waals surface area contributed by atoms with Crippen LogP contribution in [0.4, 0.5) is 4.39 Å². The average Bonchev–Trinajstić information content (AvgIpc) is 3.14. The molecular weight excluding hydrogens is 683 g/mol. The van der Waals surface area contributed by atoms with E-state index in [0.717, 1.165) is 11.6 Å². The van der Waals surface area contributed by atoms with Crippen LogP contribution >= 0.6 is 0 Å². The van der Waals surface area contributed by atoms with E-state index in [2.05, 4.69) is 10.3 Å². The summed E-state index contributed by atoms with van der Waals surface area (Å²) in [6.07, 6.45) is -1.55. The van der Waals surface area contributed by atoms with E-state index in [4.69, 9.17) is 9.47 Å². The number of nitrogens with one attached hydrogen (secondary N) is 1. The monoisotopic (exact) mass is 726 g/mol. The number of benzene rings is 3. The molecule has 3 amide bonds. The zero-order valence-corrected chi connectivity index (χ0v) is 30.1. The minimum Gasteiger partial charge on any atom is -0.478 e. The molecule has 0 aliphatic carbocycles. The summed E-state index contributed by atoms with van der Waals surface area (Å²) in [7, 11) is 0. The van der Waals surface area contributed by atoms with Crippen LogP contribution in [-0.2, 0) is 19.1 Å². The molecule has 12 nitrogen and oxygen atoms in total. The summed E-state index contributed by atoms with van der Waals surface area (Å²) < 4.78 is 25.9. The van der Waals surface area contributed by atoms with Crippen molar-refractivity contribution in [2.75, 3.05) is 39.3 Å². The minimum atomic E-state index is -1.47. The maximum absolute atomic E-state index is 14.5. The molecular formula is C40H43FN4O8. The van der Waals surface area contributed by atoms with Gasteiger partial charge in [-0.05, 0) is 56.0 Å². The number of aromatic nitrogens is 1. The zero-order chi connectivity index (χ0) is 38.2. The summed E-state index contributed by atoms with van der Waals surface area (Å²) >= 11 is 0. The van der Waals surface area contributed by atoms with E-state index < -0.39 is 41.6 Å². The van der Waals surface area contributed by atoms with Gasteiger partial charge in [0.1, 0.15) is 23.2 Å². The maximum atomic E-state index is 14.5. The van der Waals surface area contributed by atoms with E-state index in [1.54, 1.807) is 48.2 Å². The molecule has 53 heavy (non-hydrogen) atoms. The topological polar surface area (TPSA) is 155 Å². The molecule has 2 atom stereocenters. The number of aryl methyl sites for hydroxylation is 2. The first-order valence-corrected chi connectivity index (χ1v) is 17.5. The average molecular weight is 727 g/mol. The third-order valence-electron chi connectivity index (χ3n) is 8.84. The summed E-state index contributed by atoms with van der Waals surface area (Å²) in [5, 5.41) is 12.9. The number of piperazine rings is 1. The molecule has 1 saturated heterocycles. The molecule has 2 heterocycles. The minimum absolute atomic E-state index is 0.0283. The van der Waals surface area contributed by atoms with Crippen molar-refractivity contribution < 1.29 is 42.9 Å². The van der Waals surface area contributed by atoms with Crippen molar-refractivity contribution in [3.05, 3.63) is 107 Å². The molecule has 2 unspecified atom stereocenters. The van der Waals surface area contributed by atoms with Crippen LogP contribution in [0.1, 0.15) is 63.9 Å². The van der Waals surface area contributed by atoms with Crippen LogP contribution in [0, 0.1) is 31.5 Å². The molecule has 1 aliphatic heterocycles. The second-order valence-electron chi connectivity index (χ2n) is 13.5. The van der Waals surface area contributed by atoms with Crippen LogP contribution in [0.2, 0.25) is 0 Å². The van der Waals surface area contributed by atoms with Crippen molar-refractivity contribution in [3.63, 3.8) is 0 Å². The molecule has 0 radical (unpaired) electrons. The van der Waals surface area contributed by atoms with Gasteiger partial charge >= 0.3 is 11.9 Å². The molecule has 3 aromatic carbocycles. The lowest BCUT2D eigenvalue weighted by Crippen LogP contribution is -2.53. The normalized spacial score (nSPS) is 14.1. The van der Waals surface area contributed by atoms with Gasteiger partial charge in [0.2, 0.25) is 12.0 Å². The number of hydrogen-bond donors (Lipinski definition) is 2. The van der Waals surface area contributed by atoms with Crippen molar-refractivity contribution in [2.24, 2.45) is 11.8 Å². The fraction of sp³-hybridized carbons (Fsp3) is 0.350. The quantitative estimate of drug-likeness (QED) is 0.141. The number of amides is 3. The highest BCUT2D eigenvalue weighted by Gasteiger charge is 2.35. The van der Waals surface area contributed by atoms with Crippen molar-refractivity contribution in [1.82, 2.24) is 20.1 Å². The summed E-state index contributed by atoms with van der Waals surface area (Å²) in [6, 6.07) is 19.1. The van der Waals surface area contributed by atoms with Crippen LogP contribution in [-0.4, -0.2) is 88.9 Å². The number of carbonyl (C=O) groups is 5. The smallest absolute Gasteiger partial charge is 0.349 e. The SMILES string of the molecule is Cc1cccc(C(=O)N2CCN(C(=O)C(CCNC(=O)c3cc(OC(C(=O)O)c4ccccc4)c4cc(F)cc(C)c4n3)C(=O)OCC(C)C)CC2)c1. The van der Waals surface area contributed by atoms with Gasteiger partial charge in [0.25, 0.3) is 11.8 Å². The van der Waals surface area contributed by atoms with Gasteiger partial charge in [-0.2, -0.15) is 0 Å². The lowest BCUT2D eigenvalue weighted by molar-refractivity contribution is -0.157. The third kappa shape index (κ3) is 9.53. The summed E-state index contributed by atoms with van der Waals surface area (Å²) in [5.74, 6) is -5.14. The van der Waals surface area contributed by atoms with E-state index in [0.29, 0.717) is 16.7 Å². The first-order valence-electron chi connectivity index (χ1n) is 17.5. The molecule has 1 aromatic heterocycles. The maximum Gasteiger partial charge on any atom is 0.349 e. The number of esters is 1. The van der Waals surface area contributed by atoms with Crippen LogP contribution < -0.4 is 10.1 Å². The molecule has 4 aromatic rings. The lowest BCUT2D eigenvalue weighted by Gasteiger charge is -2.36. The number of rotatable bonds is 13. The number of ether oxygens (including phenoxy) is 2. The van der Waals surface area contributed by atoms with Crippen molar-refractivity contribution in [2.45, 2.75) is 40.2 Å². The fourth-order valence-electron chi connectivity index (χ4n) is 6.08. The molecule has 2 N–H and O–H groups in total. The second kappa shape index (κ2) is 17.1. The number of carboxylic acids is 1. The van der Waals surface area contributed by atoms with Crippen molar-refractivity contribution in [3.8, 4) is 5.75 Å². The molecule has 0 saturated carbocycles. The predicted molar refractivity (Wildman–Crippen MR) is 194 cm³/mol. The second-order valence-corrected chi connectivity index (χ2v) is 13.5. The number of fused-ring (bicyclic) bond motifs is 1. The van der Waals surface area contributed by atoms with E-state index in [-0.39, 0.29) is 79.9 Å².